The molecule has 0 radical (unpaired) electrons. The third kappa shape index (κ3) is 2.69. The van der Waals surface area contributed by atoms with Crippen LogP contribution in [0.3, 0.4) is 0 Å². The Morgan fingerprint density at radius 1 is 1.27 bits per heavy atom. The van der Waals surface area contributed by atoms with Crippen molar-refractivity contribution in [2.75, 3.05) is 0 Å². The Hall–Kier alpha value is -1.56. The summed E-state index contributed by atoms with van der Waals surface area (Å²) in [7, 11) is 0. The van der Waals surface area contributed by atoms with Gasteiger partial charge in [0.2, 0.25) is 5.91 Å². The SMILES string of the molecule is NC(=O)C[C@@H](N)c1cc(F)c(F)c(F)c1. The zero-order chi connectivity index (χ0) is 11.6. The van der Waals surface area contributed by atoms with Gasteiger partial charge in [0, 0.05) is 12.5 Å². The fourth-order valence-corrected chi connectivity index (χ4v) is 1.12. The molecule has 1 rings (SSSR count). The molecule has 0 aliphatic carbocycles. The number of carbonyl (C=O) groups is 1. The smallest absolute Gasteiger partial charge is 0.219 e. The van der Waals surface area contributed by atoms with Gasteiger partial charge in [-0.05, 0) is 17.7 Å². The minimum absolute atomic E-state index is 0.00907. The van der Waals surface area contributed by atoms with Crippen molar-refractivity contribution in [2.45, 2.75) is 12.5 Å². The standard InChI is InChI=1S/C9H9F3N2O/c10-5-1-4(2-6(11)9(5)12)7(13)3-8(14)15/h1-2,7H,3,13H2,(H2,14,15)/t7-/m1/s1. The van der Waals surface area contributed by atoms with Crippen molar-refractivity contribution >= 4 is 5.91 Å². The van der Waals surface area contributed by atoms with E-state index in [-0.39, 0.29) is 12.0 Å². The average molecular weight is 218 g/mol. The Morgan fingerprint density at radius 2 is 1.73 bits per heavy atom. The first-order chi connectivity index (χ1) is 6.91. The molecule has 82 valence electrons. The van der Waals surface area contributed by atoms with Crippen LogP contribution in [0.15, 0.2) is 12.1 Å². The molecule has 0 unspecified atom stereocenters. The van der Waals surface area contributed by atoms with Crippen LogP contribution >= 0.6 is 0 Å². The molecule has 0 spiro atoms. The van der Waals surface area contributed by atoms with Gasteiger partial charge in [-0.1, -0.05) is 0 Å². The van der Waals surface area contributed by atoms with Crippen LogP contribution in [-0.2, 0) is 4.79 Å². The molecule has 1 amide bonds. The van der Waals surface area contributed by atoms with E-state index in [9.17, 15) is 18.0 Å². The quantitative estimate of drug-likeness (QED) is 0.742. The van der Waals surface area contributed by atoms with E-state index in [1.807, 2.05) is 0 Å². The second kappa shape index (κ2) is 4.31. The average Bonchev–Trinajstić information content (AvgIpc) is 2.12. The number of amides is 1. The van der Waals surface area contributed by atoms with Crippen LogP contribution in [0, 0.1) is 17.5 Å². The van der Waals surface area contributed by atoms with Crippen LogP contribution in [0.25, 0.3) is 0 Å². The van der Waals surface area contributed by atoms with Gasteiger partial charge in [0.1, 0.15) is 0 Å². The molecular formula is C9H9F3N2O. The number of halogens is 3. The molecule has 0 fully saturated rings. The molecule has 1 aromatic rings. The molecule has 0 heterocycles. The zero-order valence-corrected chi connectivity index (χ0v) is 7.64. The van der Waals surface area contributed by atoms with Crippen LogP contribution in [0.1, 0.15) is 18.0 Å². The maximum absolute atomic E-state index is 12.8. The van der Waals surface area contributed by atoms with E-state index in [4.69, 9.17) is 11.5 Å². The zero-order valence-electron chi connectivity index (χ0n) is 7.64. The Bertz CT molecular complexity index is 372. The largest absolute Gasteiger partial charge is 0.370 e. The summed E-state index contributed by atoms with van der Waals surface area (Å²) in [4.78, 5) is 10.5. The van der Waals surface area contributed by atoms with Gasteiger partial charge < -0.3 is 11.5 Å². The Balaban J connectivity index is 3.00. The van der Waals surface area contributed by atoms with Crippen LogP contribution in [0.4, 0.5) is 13.2 Å². The van der Waals surface area contributed by atoms with E-state index in [0.717, 1.165) is 12.1 Å². The van der Waals surface area contributed by atoms with Gasteiger partial charge in [0.15, 0.2) is 17.5 Å². The van der Waals surface area contributed by atoms with Gasteiger partial charge >= 0.3 is 0 Å². The third-order valence-electron chi connectivity index (χ3n) is 1.86. The molecule has 6 heteroatoms. The molecule has 15 heavy (non-hydrogen) atoms. The molecule has 0 saturated carbocycles. The summed E-state index contributed by atoms with van der Waals surface area (Å²) in [6, 6.07) is 0.546. The summed E-state index contributed by atoms with van der Waals surface area (Å²) >= 11 is 0. The van der Waals surface area contributed by atoms with Gasteiger partial charge in [-0.3, -0.25) is 4.79 Å². The van der Waals surface area contributed by atoms with E-state index in [1.165, 1.54) is 0 Å². The highest BCUT2D eigenvalue weighted by molar-refractivity contribution is 5.74. The lowest BCUT2D eigenvalue weighted by molar-refractivity contribution is -0.118. The molecule has 0 aromatic heterocycles. The summed E-state index contributed by atoms with van der Waals surface area (Å²) in [5.74, 6) is -4.95. The van der Waals surface area contributed by atoms with Crippen molar-refractivity contribution in [3.05, 3.63) is 35.1 Å². The van der Waals surface area contributed by atoms with Crippen LogP contribution in [-0.4, -0.2) is 5.91 Å². The monoisotopic (exact) mass is 218 g/mol. The molecule has 4 N–H and O–H groups in total. The lowest BCUT2D eigenvalue weighted by Crippen LogP contribution is -2.21. The molecule has 0 aliphatic rings. The van der Waals surface area contributed by atoms with Crippen LogP contribution in [0.2, 0.25) is 0 Å². The summed E-state index contributed by atoms with van der Waals surface area (Å²) in [6.07, 6.45) is -0.259. The molecule has 1 aromatic carbocycles. The van der Waals surface area contributed by atoms with Gasteiger partial charge in [0.05, 0.1) is 0 Å². The maximum atomic E-state index is 12.8. The van der Waals surface area contributed by atoms with Crippen LogP contribution < -0.4 is 11.5 Å². The predicted molar refractivity (Wildman–Crippen MR) is 47.1 cm³/mol. The number of benzene rings is 1. The van der Waals surface area contributed by atoms with Crippen molar-refractivity contribution in [3.8, 4) is 0 Å². The molecule has 0 bridgehead atoms. The van der Waals surface area contributed by atoms with Gasteiger partial charge in [-0.15, -0.1) is 0 Å². The Labute approximate surface area is 83.9 Å². The molecular weight excluding hydrogens is 209 g/mol. The summed E-state index contributed by atoms with van der Waals surface area (Å²) in [6.45, 7) is 0. The van der Waals surface area contributed by atoms with E-state index in [2.05, 4.69) is 0 Å². The van der Waals surface area contributed by atoms with Crippen molar-refractivity contribution in [1.82, 2.24) is 0 Å². The fourth-order valence-electron chi connectivity index (χ4n) is 1.12. The molecule has 0 aliphatic heterocycles. The molecule has 0 saturated heterocycles. The second-order valence-corrected chi connectivity index (χ2v) is 3.08. The first-order valence-electron chi connectivity index (χ1n) is 4.10. The second-order valence-electron chi connectivity index (χ2n) is 3.08. The number of primary amides is 1. The summed E-state index contributed by atoms with van der Waals surface area (Å²) < 4.78 is 38.1. The van der Waals surface area contributed by atoms with Gasteiger partial charge in [-0.25, -0.2) is 13.2 Å². The van der Waals surface area contributed by atoms with E-state index in [0.29, 0.717) is 0 Å². The minimum Gasteiger partial charge on any atom is -0.370 e. The Kier molecular flexibility index (Phi) is 3.31. The first kappa shape index (κ1) is 11.5. The number of carbonyl (C=O) groups excluding carboxylic acids is 1. The predicted octanol–water partition coefficient (Wildman–Crippen LogP) is 0.979. The van der Waals surface area contributed by atoms with E-state index >= 15 is 0 Å². The lowest BCUT2D eigenvalue weighted by atomic mass is 10.0. The van der Waals surface area contributed by atoms with Gasteiger partial charge in [-0.2, -0.15) is 0 Å². The van der Waals surface area contributed by atoms with Crippen molar-refractivity contribution in [2.24, 2.45) is 11.5 Å². The molecule has 3 nitrogen and oxygen atoms in total. The normalized spacial score (nSPS) is 12.5. The number of nitrogens with two attached hydrogens (primary N) is 2. The number of hydrogen-bond acceptors (Lipinski definition) is 2. The van der Waals surface area contributed by atoms with Gasteiger partial charge in [0.25, 0.3) is 0 Å². The molecule has 1 atom stereocenters. The van der Waals surface area contributed by atoms with Crippen LogP contribution in [0.5, 0.6) is 0 Å². The Morgan fingerprint density at radius 3 is 2.13 bits per heavy atom. The topological polar surface area (TPSA) is 69.1 Å². The number of rotatable bonds is 3. The van der Waals surface area contributed by atoms with E-state index < -0.39 is 29.4 Å². The lowest BCUT2D eigenvalue weighted by Gasteiger charge is -2.10. The van der Waals surface area contributed by atoms with Crippen molar-refractivity contribution in [1.29, 1.82) is 0 Å². The highest BCUT2D eigenvalue weighted by atomic mass is 19.2. The highest BCUT2D eigenvalue weighted by Gasteiger charge is 2.15. The first-order valence-corrected chi connectivity index (χ1v) is 4.10. The van der Waals surface area contributed by atoms with E-state index in [1.54, 1.807) is 0 Å². The number of hydrogen-bond donors (Lipinski definition) is 2. The summed E-state index contributed by atoms with van der Waals surface area (Å²) in [5.41, 5.74) is 10.3. The van der Waals surface area contributed by atoms with Crippen molar-refractivity contribution < 1.29 is 18.0 Å². The summed E-state index contributed by atoms with van der Waals surface area (Å²) in [5, 5.41) is 0. The highest BCUT2D eigenvalue weighted by Crippen LogP contribution is 2.19. The fraction of sp³-hybridized carbons (Fsp3) is 0.222. The third-order valence-corrected chi connectivity index (χ3v) is 1.86. The maximum Gasteiger partial charge on any atom is 0.219 e. The van der Waals surface area contributed by atoms with Crippen molar-refractivity contribution in [3.63, 3.8) is 0 Å². The minimum atomic E-state index is -1.56.